The summed E-state index contributed by atoms with van der Waals surface area (Å²) in [6, 6.07) is 15.0. The van der Waals surface area contributed by atoms with Crippen LogP contribution in [0.5, 0.6) is 0 Å². The third kappa shape index (κ3) is 4.54. The Balaban J connectivity index is 1.65. The first-order valence-corrected chi connectivity index (χ1v) is 9.70. The summed E-state index contributed by atoms with van der Waals surface area (Å²) in [4.78, 5) is 17.8. The number of nitrogens with one attached hydrogen (secondary N) is 1. The van der Waals surface area contributed by atoms with E-state index in [1.165, 1.54) is 23.1 Å². The third-order valence-electron chi connectivity index (χ3n) is 3.45. The summed E-state index contributed by atoms with van der Waals surface area (Å²) in [7, 11) is 0. The largest absolute Gasteiger partial charge is 0.399 e. The lowest BCUT2D eigenvalue weighted by molar-refractivity contribution is -0.115. The van der Waals surface area contributed by atoms with Crippen LogP contribution >= 0.6 is 34.7 Å². The summed E-state index contributed by atoms with van der Waals surface area (Å²) in [5.41, 5.74) is 7.99. The van der Waals surface area contributed by atoms with Gasteiger partial charge in [0, 0.05) is 26.5 Å². The molecule has 0 saturated heterocycles. The number of nitrogen functional groups attached to an aromatic ring is 1. The maximum absolute atomic E-state index is 12.4. The van der Waals surface area contributed by atoms with Gasteiger partial charge in [-0.15, -0.1) is 23.1 Å². The number of nitrogens with zero attached hydrogens (tertiary/aromatic N) is 1. The van der Waals surface area contributed by atoms with Gasteiger partial charge in [0.1, 0.15) is 0 Å². The number of aromatic nitrogens is 1. The van der Waals surface area contributed by atoms with Crippen molar-refractivity contribution >= 4 is 51.4 Å². The second kappa shape index (κ2) is 7.91. The number of thiazole rings is 1. The molecule has 128 valence electrons. The Morgan fingerprint density at radius 1 is 1.24 bits per heavy atom. The van der Waals surface area contributed by atoms with Gasteiger partial charge in [-0.1, -0.05) is 29.8 Å². The van der Waals surface area contributed by atoms with Gasteiger partial charge in [-0.05, 0) is 37.3 Å². The molecule has 1 atom stereocenters. The Morgan fingerprint density at radius 3 is 2.68 bits per heavy atom. The van der Waals surface area contributed by atoms with Gasteiger partial charge >= 0.3 is 0 Å². The van der Waals surface area contributed by atoms with Crippen molar-refractivity contribution in [2.75, 3.05) is 11.1 Å². The molecule has 1 aromatic heterocycles. The van der Waals surface area contributed by atoms with Crippen molar-refractivity contribution in [2.45, 2.75) is 17.1 Å². The molecule has 2 aromatic carbocycles. The molecular formula is C18H16ClN3OS2. The summed E-state index contributed by atoms with van der Waals surface area (Å²) >= 11 is 9.04. The van der Waals surface area contributed by atoms with E-state index in [2.05, 4.69) is 10.3 Å². The van der Waals surface area contributed by atoms with E-state index in [4.69, 9.17) is 17.3 Å². The van der Waals surface area contributed by atoms with Crippen molar-refractivity contribution < 1.29 is 4.79 Å². The van der Waals surface area contributed by atoms with E-state index in [1.54, 1.807) is 0 Å². The Labute approximate surface area is 159 Å². The molecule has 0 aliphatic heterocycles. The van der Waals surface area contributed by atoms with Crippen molar-refractivity contribution in [3.05, 3.63) is 58.9 Å². The molecule has 3 aromatic rings. The SMILES string of the molecule is CC(Sc1ccc(N)cc1)C(=O)Nc1nc(-c2ccccc2Cl)cs1. The average molecular weight is 390 g/mol. The fourth-order valence-corrected chi connectivity index (χ4v) is 3.95. The summed E-state index contributed by atoms with van der Waals surface area (Å²) in [5.74, 6) is -0.0955. The van der Waals surface area contributed by atoms with Gasteiger partial charge in [-0.2, -0.15) is 0 Å². The molecule has 3 rings (SSSR count). The van der Waals surface area contributed by atoms with Crippen LogP contribution in [0.1, 0.15) is 6.92 Å². The van der Waals surface area contributed by atoms with E-state index < -0.39 is 0 Å². The van der Waals surface area contributed by atoms with Crippen LogP contribution in [-0.4, -0.2) is 16.1 Å². The lowest BCUT2D eigenvalue weighted by atomic mass is 10.2. The highest BCUT2D eigenvalue weighted by atomic mass is 35.5. The Kier molecular flexibility index (Phi) is 5.63. The minimum atomic E-state index is -0.253. The van der Waals surface area contributed by atoms with Crippen LogP contribution in [-0.2, 0) is 4.79 Å². The molecule has 0 bridgehead atoms. The maximum Gasteiger partial charge on any atom is 0.239 e. The van der Waals surface area contributed by atoms with E-state index in [9.17, 15) is 4.79 Å². The highest BCUT2D eigenvalue weighted by Crippen LogP contribution is 2.31. The maximum atomic E-state index is 12.4. The molecule has 3 N–H and O–H groups in total. The number of hydrogen-bond acceptors (Lipinski definition) is 5. The van der Waals surface area contributed by atoms with Crippen LogP contribution in [0.4, 0.5) is 10.8 Å². The standard InChI is InChI=1S/C18H16ClN3OS2/c1-11(25-13-8-6-12(20)7-9-13)17(23)22-18-21-16(10-24-18)14-4-2-3-5-15(14)19/h2-11H,20H2,1H3,(H,21,22,23). The van der Waals surface area contributed by atoms with E-state index >= 15 is 0 Å². The van der Waals surface area contributed by atoms with Gasteiger partial charge in [0.2, 0.25) is 5.91 Å². The zero-order valence-corrected chi connectivity index (χ0v) is 15.8. The van der Waals surface area contributed by atoms with Gasteiger partial charge in [-0.25, -0.2) is 4.98 Å². The van der Waals surface area contributed by atoms with E-state index in [0.717, 1.165) is 16.2 Å². The Morgan fingerprint density at radius 2 is 1.96 bits per heavy atom. The molecule has 0 saturated carbocycles. The number of thioether (sulfide) groups is 1. The number of benzene rings is 2. The van der Waals surface area contributed by atoms with Crippen molar-refractivity contribution in [3.63, 3.8) is 0 Å². The smallest absolute Gasteiger partial charge is 0.239 e. The van der Waals surface area contributed by atoms with Gasteiger partial charge < -0.3 is 11.1 Å². The Hall–Kier alpha value is -2.02. The first-order valence-electron chi connectivity index (χ1n) is 7.56. The fourth-order valence-electron chi connectivity index (χ4n) is 2.13. The molecule has 25 heavy (non-hydrogen) atoms. The molecule has 0 aliphatic rings. The number of halogens is 1. The number of anilines is 2. The second-order valence-electron chi connectivity index (χ2n) is 5.34. The number of hydrogen-bond donors (Lipinski definition) is 2. The minimum Gasteiger partial charge on any atom is -0.399 e. The van der Waals surface area contributed by atoms with Crippen molar-refractivity contribution in [1.82, 2.24) is 4.98 Å². The highest BCUT2D eigenvalue weighted by molar-refractivity contribution is 8.00. The average Bonchev–Trinajstić information content (AvgIpc) is 3.05. The molecule has 4 nitrogen and oxygen atoms in total. The van der Waals surface area contributed by atoms with Crippen molar-refractivity contribution in [2.24, 2.45) is 0 Å². The summed E-state index contributed by atoms with van der Waals surface area (Å²) < 4.78 is 0. The van der Waals surface area contributed by atoms with Crippen molar-refractivity contribution in [1.29, 1.82) is 0 Å². The number of nitrogens with two attached hydrogens (primary N) is 1. The van der Waals surface area contributed by atoms with Gasteiger partial charge in [0.05, 0.1) is 10.9 Å². The Bertz CT molecular complexity index is 880. The predicted octanol–water partition coefficient (Wildman–Crippen LogP) is 5.17. The lowest BCUT2D eigenvalue weighted by Gasteiger charge is -2.10. The highest BCUT2D eigenvalue weighted by Gasteiger charge is 2.16. The van der Waals surface area contributed by atoms with Gasteiger partial charge in [0.25, 0.3) is 0 Å². The molecule has 1 unspecified atom stereocenters. The topological polar surface area (TPSA) is 68.0 Å². The zero-order valence-electron chi connectivity index (χ0n) is 13.4. The van der Waals surface area contributed by atoms with Crippen LogP contribution < -0.4 is 11.1 Å². The second-order valence-corrected chi connectivity index (χ2v) is 8.02. The van der Waals surface area contributed by atoms with Crippen LogP contribution in [0.3, 0.4) is 0 Å². The number of carbonyl (C=O) groups excluding carboxylic acids is 1. The van der Waals surface area contributed by atoms with Crippen LogP contribution in [0.15, 0.2) is 58.8 Å². The monoisotopic (exact) mass is 389 g/mol. The zero-order chi connectivity index (χ0) is 17.8. The lowest BCUT2D eigenvalue weighted by Crippen LogP contribution is -2.22. The fraction of sp³-hybridized carbons (Fsp3) is 0.111. The van der Waals surface area contributed by atoms with E-state index in [-0.39, 0.29) is 11.2 Å². The van der Waals surface area contributed by atoms with Crippen molar-refractivity contribution in [3.8, 4) is 11.3 Å². The molecule has 7 heteroatoms. The van der Waals surface area contributed by atoms with Gasteiger partial charge in [0.15, 0.2) is 5.13 Å². The van der Waals surface area contributed by atoms with Crippen LogP contribution in [0.25, 0.3) is 11.3 Å². The predicted molar refractivity (Wildman–Crippen MR) is 107 cm³/mol. The molecule has 0 aliphatic carbocycles. The van der Waals surface area contributed by atoms with E-state index in [1.807, 2.05) is 60.8 Å². The normalized spacial score (nSPS) is 11.9. The number of rotatable bonds is 5. The minimum absolute atomic E-state index is 0.0955. The summed E-state index contributed by atoms with van der Waals surface area (Å²) in [6.45, 7) is 1.86. The summed E-state index contributed by atoms with van der Waals surface area (Å²) in [6.07, 6.45) is 0. The molecule has 0 radical (unpaired) electrons. The molecule has 0 spiro atoms. The number of amides is 1. The summed E-state index contributed by atoms with van der Waals surface area (Å²) in [5, 5.41) is 5.69. The van der Waals surface area contributed by atoms with E-state index in [0.29, 0.717) is 15.8 Å². The molecule has 1 heterocycles. The van der Waals surface area contributed by atoms with Crippen LogP contribution in [0.2, 0.25) is 5.02 Å². The first kappa shape index (κ1) is 17.8. The van der Waals surface area contributed by atoms with Gasteiger partial charge in [-0.3, -0.25) is 4.79 Å². The molecular weight excluding hydrogens is 374 g/mol. The first-order chi connectivity index (χ1) is 12.0. The van der Waals surface area contributed by atoms with Crippen LogP contribution in [0, 0.1) is 0 Å². The third-order valence-corrected chi connectivity index (χ3v) is 5.65. The molecule has 0 fully saturated rings. The quantitative estimate of drug-likeness (QED) is 0.467. The number of carbonyl (C=O) groups is 1. The molecule has 1 amide bonds.